The number of nitrogens with zero attached hydrogens (tertiary/aromatic N) is 1. The first-order valence-corrected chi connectivity index (χ1v) is 6.78. The van der Waals surface area contributed by atoms with Gasteiger partial charge in [-0.1, -0.05) is 0 Å². The molecule has 0 aromatic heterocycles. The Morgan fingerprint density at radius 1 is 1.25 bits per heavy atom. The van der Waals surface area contributed by atoms with Crippen molar-refractivity contribution in [3.8, 4) is 5.75 Å². The van der Waals surface area contributed by atoms with Crippen molar-refractivity contribution >= 4 is 17.3 Å². The lowest BCUT2D eigenvalue weighted by molar-refractivity contribution is -0.384. The highest BCUT2D eigenvalue weighted by molar-refractivity contribution is 5.99. The summed E-state index contributed by atoms with van der Waals surface area (Å²) in [6.45, 7) is 0.173. The van der Waals surface area contributed by atoms with Gasteiger partial charge in [-0.15, -0.1) is 0 Å². The Bertz CT molecular complexity index is 783. The molecule has 24 heavy (non-hydrogen) atoms. The predicted octanol–water partition coefficient (Wildman–Crippen LogP) is 2.46. The molecule has 1 amide bonds. The van der Waals surface area contributed by atoms with E-state index in [0.717, 1.165) is 18.2 Å². The molecule has 2 aromatic carbocycles. The van der Waals surface area contributed by atoms with Gasteiger partial charge in [-0.2, -0.15) is 0 Å². The van der Waals surface area contributed by atoms with Crippen molar-refractivity contribution < 1.29 is 23.2 Å². The smallest absolute Gasteiger partial charge is 0.270 e. The Morgan fingerprint density at radius 2 is 2.00 bits per heavy atom. The largest absolute Gasteiger partial charge is 0.489 e. The highest BCUT2D eigenvalue weighted by Crippen LogP contribution is 2.22. The van der Waals surface area contributed by atoms with Crippen molar-refractivity contribution in [1.82, 2.24) is 0 Å². The summed E-state index contributed by atoms with van der Waals surface area (Å²) in [7, 11) is 0. The maximum atomic E-state index is 13.4. The van der Waals surface area contributed by atoms with Crippen LogP contribution in [0.3, 0.4) is 0 Å². The molecule has 0 bridgehead atoms. The van der Waals surface area contributed by atoms with E-state index in [1.807, 2.05) is 0 Å². The fourth-order valence-corrected chi connectivity index (χ4v) is 1.94. The van der Waals surface area contributed by atoms with Gasteiger partial charge in [0.25, 0.3) is 11.6 Å². The summed E-state index contributed by atoms with van der Waals surface area (Å²) in [5.41, 5.74) is 5.17. The van der Waals surface area contributed by atoms with E-state index in [-0.39, 0.29) is 35.8 Å². The van der Waals surface area contributed by atoms with Gasteiger partial charge in [0, 0.05) is 30.4 Å². The molecule has 2 aromatic rings. The molecular weight excluding hydrogens is 324 g/mol. The van der Waals surface area contributed by atoms with Crippen LogP contribution in [-0.2, 0) is 0 Å². The Morgan fingerprint density at radius 3 is 2.62 bits per heavy atom. The quantitative estimate of drug-likeness (QED) is 0.458. The molecule has 126 valence electrons. The summed E-state index contributed by atoms with van der Waals surface area (Å²) in [6.07, 6.45) is 0. The average molecular weight is 337 g/mol. The number of nitro benzene ring substituents is 1. The van der Waals surface area contributed by atoms with Crippen LogP contribution in [0.25, 0.3) is 0 Å². The van der Waals surface area contributed by atoms with Crippen molar-refractivity contribution in [1.29, 1.82) is 0 Å². The minimum absolute atomic E-state index is 0.0116. The third kappa shape index (κ3) is 4.15. The van der Waals surface area contributed by atoms with Crippen LogP contribution in [-0.4, -0.2) is 24.0 Å². The first-order chi connectivity index (χ1) is 11.4. The lowest BCUT2D eigenvalue weighted by atomic mass is 10.1. The number of nitrogens with one attached hydrogen (secondary N) is 1. The third-order valence-corrected chi connectivity index (χ3v) is 3.05. The Hall–Kier alpha value is -3.23. The lowest BCUT2D eigenvalue weighted by Crippen LogP contribution is -2.17. The number of amides is 1. The number of primary amides is 1. The first-order valence-electron chi connectivity index (χ1n) is 6.78. The summed E-state index contributed by atoms with van der Waals surface area (Å²) in [6, 6.07) is 6.54. The second kappa shape index (κ2) is 7.36. The van der Waals surface area contributed by atoms with E-state index in [0.29, 0.717) is 6.07 Å². The minimum atomic E-state index is -0.830. The third-order valence-electron chi connectivity index (χ3n) is 3.05. The highest BCUT2D eigenvalue weighted by atomic mass is 19.1. The van der Waals surface area contributed by atoms with Gasteiger partial charge in [0.15, 0.2) is 11.6 Å². The SMILES string of the molecule is NC(=O)c1cc([N+](=O)[O-])ccc1NCCOc1ccc(F)cc1F. The van der Waals surface area contributed by atoms with Crippen LogP contribution in [0.4, 0.5) is 20.2 Å². The molecule has 0 aliphatic rings. The Balaban J connectivity index is 1.99. The number of anilines is 1. The molecule has 0 radical (unpaired) electrons. The van der Waals surface area contributed by atoms with Crippen molar-refractivity contribution in [2.75, 3.05) is 18.5 Å². The van der Waals surface area contributed by atoms with Crippen LogP contribution in [0.5, 0.6) is 5.75 Å². The fourth-order valence-electron chi connectivity index (χ4n) is 1.94. The van der Waals surface area contributed by atoms with Gasteiger partial charge < -0.3 is 15.8 Å². The zero-order chi connectivity index (χ0) is 17.7. The molecule has 2 rings (SSSR count). The van der Waals surface area contributed by atoms with E-state index in [1.54, 1.807) is 0 Å². The molecule has 3 N–H and O–H groups in total. The molecule has 9 heteroatoms. The summed E-state index contributed by atoms with van der Waals surface area (Å²) < 4.78 is 31.3. The van der Waals surface area contributed by atoms with Gasteiger partial charge in [0.2, 0.25) is 0 Å². The molecule has 0 aliphatic carbocycles. The number of non-ortho nitro benzene ring substituents is 1. The number of halogens is 2. The van der Waals surface area contributed by atoms with Gasteiger partial charge in [0.05, 0.1) is 10.5 Å². The number of nitro groups is 1. The molecule has 0 saturated carbocycles. The van der Waals surface area contributed by atoms with Gasteiger partial charge >= 0.3 is 0 Å². The van der Waals surface area contributed by atoms with Gasteiger partial charge in [0.1, 0.15) is 12.4 Å². The lowest BCUT2D eigenvalue weighted by Gasteiger charge is -2.11. The molecule has 7 nitrogen and oxygen atoms in total. The number of rotatable bonds is 7. The number of ether oxygens (including phenoxy) is 1. The van der Waals surface area contributed by atoms with E-state index in [9.17, 15) is 23.7 Å². The van der Waals surface area contributed by atoms with Crippen LogP contribution in [0, 0.1) is 21.7 Å². The van der Waals surface area contributed by atoms with Crippen LogP contribution in [0.15, 0.2) is 36.4 Å². The number of hydrogen-bond donors (Lipinski definition) is 2. The van der Waals surface area contributed by atoms with Crippen LogP contribution < -0.4 is 15.8 Å². The van der Waals surface area contributed by atoms with E-state index in [1.165, 1.54) is 12.1 Å². The second-order valence-corrected chi connectivity index (χ2v) is 4.70. The molecule has 0 atom stereocenters. The molecular formula is C15H13F2N3O4. The van der Waals surface area contributed by atoms with Gasteiger partial charge in [-0.25, -0.2) is 8.78 Å². The van der Waals surface area contributed by atoms with E-state index in [4.69, 9.17) is 10.5 Å². The van der Waals surface area contributed by atoms with Crippen LogP contribution >= 0.6 is 0 Å². The Kier molecular flexibility index (Phi) is 5.25. The summed E-state index contributed by atoms with van der Waals surface area (Å²) in [5.74, 6) is -2.48. The number of hydrogen-bond acceptors (Lipinski definition) is 5. The second-order valence-electron chi connectivity index (χ2n) is 4.70. The zero-order valence-corrected chi connectivity index (χ0v) is 12.3. The topological polar surface area (TPSA) is 107 Å². The molecule has 0 unspecified atom stereocenters. The standard InChI is InChI=1S/C15H13F2N3O4/c16-9-1-4-14(12(17)7-9)24-6-5-19-13-3-2-10(20(22)23)8-11(13)15(18)21/h1-4,7-8,19H,5-6H2,(H2,18,21). The van der Waals surface area contributed by atoms with Crippen molar-refractivity contribution in [3.63, 3.8) is 0 Å². The number of carbonyl (C=O) groups excluding carboxylic acids is 1. The van der Waals surface area contributed by atoms with Crippen molar-refractivity contribution in [3.05, 3.63) is 63.7 Å². The molecule has 0 spiro atoms. The number of carbonyl (C=O) groups is 1. The van der Waals surface area contributed by atoms with Crippen LogP contribution in [0.1, 0.15) is 10.4 Å². The van der Waals surface area contributed by atoms with E-state index in [2.05, 4.69) is 5.32 Å². The maximum Gasteiger partial charge on any atom is 0.270 e. The molecule has 0 aliphatic heterocycles. The van der Waals surface area contributed by atoms with E-state index < -0.39 is 22.5 Å². The van der Waals surface area contributed by atoms with Gasteiger partial charge in [-0.3, -0.25) is 14.9 Å². The summed E-state index contributed by atoms with van der Waals surface area (Å²) in [4.78, 5) is 21.4. The average Bonchev–Trinajstić information content (AvgIpc) is 2.52. The summed E-state index contributed by atoms with van der Waals surface area (Å²) in [5, 5.41) is 13.5. The normalized spacial score (nSPS) is 10.2. The monoisotopic (exact) mass is 337 g/mol. The molecule has 0 saturated heterocycles. The summed E-state index contributed by atoms with van der Waals surface area (Å²) >= 11 is 0. The van der Waals surface area contributed by atoms with Crippen LogP contribution in [0.2, 0.25) is 0 Å². The van der Waals surface area contributed by atoms with Crippen molar-refractivity contribution in [2.24, 2.45) is 5.73 Å². The van der Waals surface area contributed by atoms with E-state index >= 15 is 0 Å². The zero-order valence-electron chi connectivity index (χ0n) is 12.3. The first kappa shape index (κ1) is 17.1. The highest BCUT2D eigenvalue weighted by Gasteiger charge is 2.14. The number of nitrogens with two attached hydrogens (primary N) is 1. The minimum Gasteiger partial charge on any atom is -0.489 e. The number of benzene rings is 2. The molecule has 0 heterocycles. The van der Waals surface area contributed by atoms with Gasteiger partial charge in [-0.05, 0) is 18.2 Å². The predicted molar refractivity (Wildman–Crippen MR) is 82.0 cm³/mol. The fraction of sp³-hybridized carbons (Fsp3) is 0.133. The van der Waals surface area contributed by atoms with Crippen molar-refractivity contribution in [2.45, 2.75) is 0 Å². The maximum absolute atomic E-state index is 13.4. The molecule has 0 fully saturated rings. The Labute approximate surface area is 135 Å².